The first-order valence-electron chi connectivity index (χ1n) is 12.8. The van der Waals surface area contributed by atoms with Gasteiger partial charge in [0.15, 0.2) is 0 Å². The topological polar surface area (TPSA) is 121 Å². The van der Waals surface area contributed by atoms with E-state index in [9.17, 15) is 46.1 Å². The average Bonchev–Trinajstić information content (AvgIpc) is 3.48. The number of nitrogens with zero attached hydrogens (tertiary/aromatic N) is 3. The molecule has 47 heavy (non-hydrogen) atoms. The quantitative estimate of drug-likeness (QED) is 0.0828. The van der Waals surface area contributed by atoms with Crippen LogP contribution in [-0.2, 0) is 18.1 Å². The van der Waals surface area contributed by atoms with Crippen molar-refractivity contribution in [1.29, 1.82) is 0 Å². The average molecular weight is 736 g/mol. The maximum Gasteiger partial charge on any atom is 0.416 e. The van der Waals surface area contributed by atoms with Gasteiger partial charge in [-0.15, -0.1) is 0 Å². The molecule has 3 N–H and O–H groups in total. The molecule has 0 aliphatic carbocycles. The molecule has 0 spiro atoms. The number of hydrogen-bond acceptors (Lipinski definition) is 7. The molecular formula is C29H15Cl3F6N4O4S. The molecule has 0 aliphatic heterocycles. The van der Waals surface area contributed by atoms with Crippen molar-refractivity contribution in [3.8, 4) is 17.2 Å². The van der Waals surface area contributed by atoms with Crippen molar-refractivity contribution in [2.45, 2.75) is 23.1 Å². The van der Waals surface area contributed by atoms with Crippen LogP contribution in [0.2, 0.25) is 15.2 Å². The molecule has 0 fully saturated rings. The van der Waals surface area contributed by atoms with Crippen LogP contribution >= 0.6 is 46.6 Å². The third-order valence-corrected chi connectivity index (χ3v) is 8.79. The number of hydrogen-bond donors (Lipinski definition) is 3. The third-order valence-electron chi connectivity index (χ3n) is 6.56. The number of carbonyl (C=O) groups is 2. The molecule has 5 aromatic rings. The van der Waals surface area contributed by atoms with Crippen LogP contribution in [0.5, 0.6) is 11.5 Å². The monoisotopic (exact) mass is 734 g/mol. The van der Waals surface area contributed by atoms with Gasteiger partial charge in [0.25, 0.3) is 0 Å². The smallest absolute Gasteiger partial charge is 0.416 e. The molecule has 0 amide bonds. The van der Waals surface area contributed by atoms with Gasteiger partial charge in [-0.25, -0.2) is 9.97 Å². The summed E-state index contributed by atoms with van der Waals surface area (Å²) in [6.07, 6.45) is -6.75. The van der Waals surface area contributed by atoms with Crippen molar-refractivity contribution < 1.29 is 46.1 Å². The number of phenolic OH excluding ortho intramolecular Hbond substituents is 2. The number of nitrogens with one attached hydrogen (secondary N) is 1. The molecule has 18 heteroatoms. The maximum absolute atomic E-state index is 13.8. The molecule has 0 unspecified atom stereocenters. The molecule has 3 heterocycles. The number of aromatic hydroxyl groups is 2. The second-order valence-electron chi connectivity index (χ2n) is 9.57. The van der Waals surface area contributed by atoms with Gasteiger partial charge in [-0.1, -0.05) is 46.6 Å². The lowest BCUT2D eigenvalue weighted by Gasteiger charge is -2.16. The highest BCUT2D eigenvalue weighted by Gasteiger charge is 2.35. The van der Waals surface area contributed by atoms with Crippen LogP contribution in [-0.4, -0.2) is 41.3 Å². The zero-order valence-electron chi connectivity index (χ0n) is 22.8. The number of benzene rings is 2. The summed E-state index contributed by atoms with van der Waals surface area (Å²) in [4.78, 5) is 38.3. The Hall–Kier alpha value is -4.18. The molecule has 0 saturated carbocycles. The normalized spacial score (nSPS) is 12.0. The lowest BCUT2D eigenvalue weighted by molar-refractivity contribution is -0.138. The largest absolute Gasteiger partial charge is 0.507 e. The van der Waals surface area contributed by atoms with E-state index < -0.39 is 69.1 Å². The van der Waals surface area contributed by atoms with Crippen LogP contribution in [0.4, 0.5) is 26.3 Å². The zero-order valence-corrected chi connectivity index (χ0v) is 25.9. The van der Waals surface area contributed by atoms with E-state index in [0.29, 0.717) is 30.1 Å². The van der Waals surface area contributed by atoms with Crippen molar-refractivity contribution >= 4 is 58.1 Å². The number of ketones is 2. The predicted octanol–water partition coefficient (Wildman–Crippen LogP) is 8.76. The highest BCUT2D eigenvalue weighted by molar-refractivity contribution is 7.98. The molecule has 0 saturated heterocycles. The van der Waals surface area contributed by atoms with E-state index in [0.717, 1.165) is 34.5 Å². The molecule has 8 nitrogen and oxygen atoms in total. The van der Waals surface area contributed by atoms with Gasteiger partial charge in [-0.3, -0.25) is 14.2 Å². The Bertz CT molecular complexity index is 2030. The van der Waals surface area contributed by atoms with Crippen LogP contribution in [0.3, 0.4) is 0 Å². The van der Waals surface area contributed by atoms with Crippen molar-refractivity contribution in [3.05, 3.63) is 116 Å². The van der Waals surface area contributed by atoms with E-state index in [4.69, 9.17) is 34.8 Å². The van der Waals surface area contributed by atoms with E-state index in [2.05, 4.69) is 15.0 Å². The fraction of sp³-hybridized carbons (Fsp3) is 0.103. The highest BCUT2D eigenvalue weighted by atomic mass is 35.5. The Labute approximate surface area is 278 Å². The minimum absolute atomic E-state index is 0.0251. The van der Waals surface area contributed by atoms with Gasteiger partial charge in [-0.2, -0.15) is 26.3 Å². The van der Waals surface area contributed by atoms with Gasteiger partial charge in [0.1, 0.15) is 33.2 Å². The van der Waals surface area contributed by atoms with Gasteiger partial charge in [-0.05, 0) is 48.5 Å². The van der Waals surface area contributed by atoms with Crippen LogP contribution in [0.1, 0.15) is 49.1 Å². The number of aromatic amines is 1. The predicted molar refractivity (Wildman–Crippen MR) is 160 cm³/mol. The summed E-state index contributed by atoms with van der Waals surface area (Å²) < 4.78 is 80.4. The van der Waals surface area contributed by atoms with E-state index in [-0.39, 0.29) is 31.7 Å². The molecule has 0 aliphatic rings. The van der Waals surface area contributed by atoms with E-state index in [1.165, 1.54) is 12.4 Å². The fourth-order valence-corrected chi connectivity index (χ4v) is 6.10. The van der Waals surface area contributed by atoms with E-state index in [1.54, 1.807) is 6.07 Å². The maximum atomic E-state index is 13.8. The van der Waals surface area contributed by atoms with Crippen molar-refractivity contribution in [1.82, 2.24) is 19.5 Å². The number of halogens is 9. The number of aromatic nitrogens is 4. The molecule has 244 valence electrons. The zero-order chi connectivity index (χ0) is 34.4. The lowest BCUT2D eigenvalue weighted by Crippen LogP contribution is -2.14. The van der Waals surface area contributed by atoms with E-state index >= 15 is 0 Å². The van der Waals surface area contributed by atoms with Crippen LogP contribution in [0, 0.1) is 0 Å². The van der Waals surface area contributed by atoms with Crippen LogP contribution in [0.25, 0.3) is 5.69 Å². The first-order chi connectivity index (χ1) is 22.0. The second kappa shape index (κ2) is 12.8. The van der Waals surface area contributed by atoms with Gasteiger partial charge in [0.05, 0.1) is 49.4 Å². The lowest BCUT2D eigenvalue weighted by atomic mass is 10.0. The first-order valence-corrected chi connectivity index (χ1v) is 14.9. The van der Waals surface area contributed by atoms with Crippen molar-refractivity contribution in [2.75, 3.05) is 0 Å². The second-order valence-corrected chi connectivity index (χ2v) is 11.7. The third kappa shape index (κ3) is 6.79. The summed E-state index contributed by atoms with van der Waals surface area (Å²) in [7, 11) is 0. The molecule has 5 rings (SSSR count). The van der Waals surface area contributed by atoms with Gasteiger partial charge in [0, 0.05) is 12.4 Å². The SMILES string of the molecule is O=C(c1ccc(C(F)(F)F)cc1O)c1[nH]c(Cl)c(Cl)c1-n1c(C(=O)c2ccc(C(F)(F)F)cc2O)cc(Cl)c1SCc1ncccn1. The minimum atomic E-state index is -4.83. The number of phenols is 2. The molecule has 3 aromatic heterocycles. The van der Waals surface area contributed by atoms with Gasteiger partial charge >= 0.3 is 12.4 Å². The summed E-state index contributed by atoms with van der Waals surface area (Å²) in [5.74, 6) is -3.90. The number of thioether (sulfide) groups is 1. The summed E-state index contributed by atoms with van der Waals surface area (Å²) in [6, 6.07) is 5.98. The summed E-state index contributed by atoms with van der Waals surface area (Å²) in [6.45, 7) is 0. The Morgan fingerprint density at radius 1 is 0.830 bits per heavy atom. The number of carbonyl (C=O) groups excluding carboxylic acids is 2. The molecule has 2 aromatic carbocycles. The van der Waals surface area contributed by atoms with Crippen molar-refractivity contribution in [2.24, 2.45) is 0 Å². The minimum Gasteiger partial charge on any atom is -0.507 e. The van der Waals surface area contributed by atoms with Gasteiger partial charge < -0.3 is 15.2 Å². The van der Waals surface area contributed by atoms with Gasteiger partial charge in [0.2, 0.25) is 11.6 Å². The Morgan fingerprint density at radius 2 is 1.36 bits per heavy atom. The van der Waals surface area contributed by atoms with Crippen LogP contribution < -0.4 is 0 Å². The number of rotatable bonds is 8. The first kappa shape index (κ1) is 34.2. The van der Waals surface area contributed by atoms with E-state index in [1.807, 2.05) is 0 Å². The molecule has 0 bridgehead atoms. The highest BCUT2D eigenvalue weighted by Crippen LogP contribution is 2.43. The Kier molecular flexibility index (Phi) is 9.29. The standard InChI is InChI=1S/C29H15Cl3F6N4O4S/c30-16-10-17(24(45)14-4-2-12(8-18(14)43)28(33,34)35)42(27(16)47-11-20-39-6-1-7-40-20)23-21(31)26(32)41-22(23)25(46)15-5-3-13(9-19(15)44)29(36,37)38/h1-10,41,43-44H,11H2. The van der Waals surface area contributed by atoms with Crippen molar-refractivity contribution in [3.63, 3.8) is 0 Å². The molecule has 0 radical (unpaired) electrons. The summed E-state index contributed by atoms with van der Waals surface area (Å²) in [5.41, 5.74) is -4.93. The number of alkyl halides is 6. The Balaban J connectivity index is 1.71. The Morgan fingerprint density at radius 3 is 1.87 bits per heavy atom. The fourth-order valence-electron chi connectivity index (χ4n) is 4.41. The molecular weight excluding hydrogens is 721 g/mol. The summed E-state index contributed by atoms with van der Waals surface area (Å²) in [5, 5.41) is 20.0. The van der Waals surface area contributed by atoms with Crippen LogP contribution in [0.15, 0.2) is 66.0 Å². The molecule has 0 atom stereocenters. The summed E-state index contributed by atoms with van der Waals surface area (Å²) >= 11 is 20.3. The number of H-pyrrole nitrogens is 1.